The van der Waals surface area contributed by atoms with E-state index in [0.29, 0.717) is 6.54 Å². The molecule has 21 heavy (non-hydrogen) atoms. The number of hydrogen-bond acceptors (Lipinski definition) is 4. The number of amides is 1. The van der Waals surface area contributed by atoms with Crippen LogP contribution in [-0.2, 0) is 4.79 Å². The van der Waals surface area contributed by atoms with Crippen LogP contribution < -0.4 is 10.6 Å². The normalized spacial score (nSPS) is 19.0. The molecule has 1 atom stereocenters. The molecule has 5 heteroatoms. The molecule has 0 spiro atoms. The summed E-state index contributed by atoms with van der Waals surface area (Å²) < 4.78 is 0. The summed E-state index contributed by atoms with van der Waals surface area (Å²) in [6.45, 7) is 8.45. The van der Waals surface area contributed by atoms with Crippen molar-refractivity contribution in [2.45, 2.75) is 26.8 Å². The average molecular weight is 286 g/mol. The number of nitrogens with zero attached hydrogens (tertiary/aromatic N) is 2. The lowest BCUT2D eigenvalue weighted by molar-refractivity contribution is -0.117. The average Bonchev–Trinajstić information content (AvgIpc) is 2.43. The van der Waals surface area contributed by atoms with Gasteiger partial charge in [-0.1, -0.05) is 17.7 Å². The molecule has 1 amide bonds. The highest BCUT2D eigenvalue weighted by Gasteiger charge is 2.23. The fourth-order valence-electron chi connectivity index (χ4n) is 2.80. The van der Waals surface area contributed by atoms with Crippen molar-refractivity contribution in [2.24, 2.45) is 0 Å². The first-order chi connectivity index (χ1) is 10.0. The number of piperazine rings is 1. The first kappa shape index (κ1) is 15.5. The van der Waals surface area contributed by atoms with Gasteiger partial charge in [0.2, 0.25) is 5.91 Å². The maximum atomic E-state index is 12.2. The number of nitriles is 1. The van der Waals surface area contributed by atoms with Crippen molar-refractivity contribution in [1.29, 1.82) is 5.26 Å². The molecular formula is C16H22N4O. The van der Waals surface area contributed by atoms with E-state index in [1.165, 1.54) is 5.56 Å². The fraction of sp³-hybridized carbons (Fsp3) is 0.500. The van der Waals surface area contributed by atoms with E-state index in [1.807, 2.05) is 25.7 Å². The second-order valence-corrected chi connectivity index (χ2v) is 5.64. The van der Waals surface area contributed by atoms with Gasteiger partial charge in [-0.2, -0.15) is 5.26 Å². The van der Waals surface area contributed by atoms with Gasteiger partial charge in [-0.15, -0.1) is 0 Å². The van der Waals surface area contributed by atoms with E-state index < -0.39 is 0 Å². The molecule has 1 unspecified atom stereocenters. The Kier molecular flexibility index (Phi) is 4.94. The number of carbonyl (C=O) groups is 1. The third-order valence-corrected chi connectivity index (χ3v) is 3.79. The summed E-state index contributed by atoms with van der Waals surface area (Å²) in [6.07, 6.45) is 0. The lowest BCUT2D eigenvalue weighted by Crippen LogP contribution is -2.52. The zero-order chi connectivity index (χ0) is 15.4. The molecule has 112 valence electrons. The molecule has 1 aromatic carbocycles. The number of nitrogens with one attached hydrogen (secondary N) is 2. The number of rotatable bonds is 3. The Morgan fingerprint density at radius 2 is 2.10 bits per heavy atom. The molecule has 1 aromatic rings. The van der Waals surface area contributed by atoms with Crippen LogP contribution in [0.15, 0.2) is 12.1 Å². The number of hydrogen-bond donors (Lipinski definition) is 2. The molecule has 1 aliphatic rings. The molecule has 2 rings (SSSR count). The summed E-state index contributed by atoms with van der Waals surface area (Å²) in [5.74, 6) is -0.0628. The monoisotopic (exact) mass is 286 g/mol. The van der Waals surface area contributed by atoms with Gasteiger partial charge in [0.25, 0.3) is 0 Å². The lowest BCUT2D eigenvalue weighted by atomic mass is 10.1. The molecule has 0 saturated carbocycles. The van der Waals surface area contributed by atoms with Crippen molar-refractivity contribution < 1.29 is 4.79 Å². The minimum Gasteiger partial charge on any atom is -0.324 e. The highest BCUT2D eigenvalue weighted by atomic mass is 16.2. The number of aryl methyl sites for hydroxylation is 3. The van der Waals surface area contributed by atoms with Crippen molar-refractivity contribution in [1.82, 2.24) is 10.2 Å². The fourth-order valence-corrected chi connectivity index (χ4v) is 2.80. The largest absolute Gasteiger partial charge is 0.324 e. The maximum absolute atomic E-state index is 12.2. The molecule has 2 N–H and O–H groups in total. The SMILES string of the molecule is Cc1cc(C)c(NC(=O)CN2CCNCC2C#N)c(C)c1. The van der Waals surface area contributed by atoms with Gasteiger partial charge in [-0.3, -0.25) is 9.69 Å². The molecule has 1 fully saturated rings. The van der Waals surface area contributed by atoms with Crippen LogP contribution in [0.25, 0.3) is 0 Å². The molecular weight excluding hydrogens is 264 g/mol. The smallest absolute Gasteiger partial charge is 0.238 e. The van der Waals surface area contributed by atoms with E-state index >= 15 is 0 Å². The van der Waals surface area contributed by atoms with Crippen LogP contribution in [0.1, 0.15) is 16.7 Å². The van der Waals surface area contributed by atoms with Crippen LogP contribution in [0.2, 0.25) is 0 Å². The Balaban J connectivity index is 2.04. The zero-order valence-electron chi connectivity index (χ0n) is 12.9. The summed E-state index contributed by atoms with van der Waals surface area (Å²) in [6, 6.07) is 6.13. The van der Waals surface area contributed by atoms with Gasteiger partial charge < -0.3 is 10.6 Å². The Hall–Kier alpha value is -1.90. The van der Waals surface area contributed by atoms with Gasteiger partial charge in [-0.05, 0) is 31.9 Å². The van der Waals surface area contributed by atoms with Crippen molar-refractivity contribution in [3.63, 3.8) is 0 Å². The summed E-state index contributed by atoms with van der Waals surface area (Å²) in [4.78, 5) is 14.2. The van der Waals surface area contributed by atoms with Gasteiger partial charge in [0, 0.05) is 25.3 Å². The Morgan fingerprint density at radius 1 is 1.43 bits per heavy atom. The number of anilines is 1. The quantitative estimate of drug-likeness (QED) is 0.880. The second kappa shape index (κ2) is 6.70. The van der Waals surface area contributed by atoms with Gasteiger partial charge in [-0.25, -0.2) is 0 Å². The standard InChI is InChI=1S/C16H22N4O/c1-11-6-12(2)16(13(3)7-11)19-15(21)10-20-5-4-18-9-14(20)8-17/h6-7,14,18H,4-5,9-10H2,1-3H3,(H,19,21). The molecule has 0 aromatic heterocycles. The predicted octanol–water partition coefficient (Wildman–Crippen LogP) is 1.35. The first-order valence-electron chi connectivity index (χ1n) is 7.23. The van der Waals surface area contributed by atoms with E-state index in [1.54, 1.807) is 0 Å². The Labute approximate surface area is 125 Å². The van der Waals surface area contributed by atoms with Crippen molar-refractivity contribution in [2.75, 3.05) is 31.5 Å². The molecule has 0 aliphatic carbocycles. The summed E-state index contributed by atoms with van der Waals surface area (Å²) in [7, 11) is 0. The predicted molar refractivity (Wildman–Crippen MR) is 83.1 cm³/mol. The minimum absolute atomic E-state index is 0.0628. The second-order valence-electron chi connectivity index (χ2n) is 5.64. The highest BCUT2D eigenvalue weighted by molar-refractivity contribution is 5.93. The molecule has 5 nitrogen and oxygen atoms in total. The van der Waals surface area contributed by atoms with Gasteiger partial charge in [0.05, 0.1) is 12.6 Å². The highest BCUT2D eigenvalue weighted by Crippen LogP contribution is 2.21. The zero-order valence-corrected chi connectivity index (χ0v) is 12.9. The summed E-state index contributed by atoms with van der Waals surface area (Å²) in [5, 5.41) is 15.3. The third-order valence-electron chi connectivity index (χ3n) is 3.79. The lowest BCUT2D eigenvalue weighted by Gasteiger charge is -2.31. The Bertz CT molecular complexity index is 553. The van der Waals surface area contributed by atoms with E-state index in [2.05, 4.69) is 28.8 Å². The van der Waals surface area contributed by atoms with Crippen molar-refractivity contribution >= 4 is 11.6 Å². The first-order valence-corrected chi connectivity index (χ1v) is 7.23. The van der Waals surface area contributed by atoms with Crippen LogP contribution in [0.5, 0.6) is 0 Å². The maximum Gasteiger partial charge on any atom is 0.238 e. The van der Waals surface area contributed by atoms with Crippen LogP contribution in [0.4, 0.5) is 5.69 Å². The number of carbonyl (C=O) groups excluding carboxylic acids is 1. The minimum atomic E-state index is -0.232. The molecule has 1 heterocycles. The molecule has 0 bridgehead atoms. The van der Waals surface area contributed by atoms with Gasteiger partial charge in [0.1, 0.15) is 6.04 Å². The molecule has 0 radical (unpaired) electrons. The summed E-state index contributed by atoms with van der Waals surface area (Å²) >= 11 is 0. The van der Waals surface area contributed by atoms with E-state index in [-0.39, 0.29) is 18.5 Å². The van der Waals surface area contributed by atoms with E-state index in [9.17, 15) is 4.79 Å². The van der Waals surface area contributed by atoms with Gasteiger partial charge in [0.15, 0.2) is 0 Å². The van der Waals surface area contributed by atoms with Crippen LogP contribution >= 0.6 is 0 Å². The molecule has 1 aliphatic heterocycles. The van der Waals surface area contributed by atoms with E-state index in [0.717, 1.165) is 29.9 Å². The van der Waals surface area contributed by atoms with Crippen LogP contribution in [0.3, 0.4) is 0 Å². The van der Waals surface area contributed by atoms with Crippen molar-refractivity contribution in [3.05, 3.63) is 28.8 Å². The summed E-state index contributed by atoms with van der Waals surface area (Å²) in [5.41, 5.74) is 4.21. The number of benzene rings is 1. The topological polar surface area (TPSA) is 68.2 Å². The molecule has 1 saturated heterocycles. The van der Waals surface area contributed by atoms with Gasteiger partial charge >= 0.3 is 0 Å². The van der Waals surface area contributed by atoms with Crippen LogP contribution in [0, 0.1) is 32.1 Å². The third kappa shape index (κ3) is 3.81. The van der Waals surface area contributed by atoms with Crippen LogP contribution in [-0.4, -0.2) is 43.0 Å². The van der Waals surface area contributed by atoms with Crippen molar-refractivity contribution in [3.8, 4) is 6.07 Å². The Morgan fingerprint density at radius 3 is 2.71 bits per heavy atom. The van der Waals surface area contributed by atoms with E-state index in [4.69, 9.17) is 5.26 Å².